The number of aromatic nitrogens is 1. The topological polar surface area (TPSA) is 50.3 Å². The Morgan fingerprint density at radius 3 is 2.94 bits per heavy atom. The summed E-state index contributed by atoms with van der Waals surface area (Å²) in [6.07, 6.45) is 4.58. The van der Waals surface area contributed by atoms with Crippen LogP contribution in [0.4, 0.5) is 0 Å². The van der Waals surface area contributed by atoms with Crippen LogP contribution in [0.1, 0.15) is 24.4 Å². The van der Waals surface area contributed by atoms with Crippen molar-refractivity contribution >= 4 is 21.6 Å². The summed E-state index contributed by atoms with van der Waals surface area (Å²) < 4.78 is 24.7. The number of rotatable bonds is 2. The van der Waals surface area contributed by atoms with Crippen LogP contribution in [0, 0.1) is 0 Å². The number of hydrogen-bond acceptors (Lipinski definition) is 3. The number of halogens is 1. The molecule has 1 atom stereocenters. The second kappa shape index (κ2) is 4.31. The Morgan fingerprint density at radius 2 is 2.31 bits per heavy atom. The van der Waals surface area contributed by atoms with Crippen LogP contribution in [0.3, 0.4) is 0 Å². The Bertz CT molecular complexity index is 489. The standard InChI is InChI=1S/C10H13ClN2O2S/c1-16(14,15)13-6-2-3-9(13)8-4-5-12-10(11)7-8/h4-5,7,9H,2-3,6H2,1H3. The van der Waals surface area contributed by atoms with Crippen LogP contribution >= 0.6 is 11.6 Å². The van der Waals surface area contributed by atoms with Crippen LogP contribution in [0.2, 0.25) is 5.15 Å². The third-order valence-corrected chi connectivity index (χ3v) is 4.26. The van der Waals surface area contributed by atoms with Gasteiger partial charge in [0.2, 0.25) is 10.0 Å². The second-order valence-electron chi connectivity index (χ2n) is 3.94. The summed E-state index contributed by atoms with van der Waals surface area (Å²) in [5.41, 5.74) is 0.919. The lowest BCUT2D eigenvalue weighted by Gasteiger charge is -2.22. The summed E-state index contributed by atoms with van der Waals surface area (Å²) in [5.74, 6) is 0. The Balaban J connectivity index is 2.34. The zero-order chi connectivity index (χ0) is 11.8. The third-order valence-electron chi connectivity index (χ3n) is 2.77. The van der Waals surface area contributed by atoms with E-state index in [1.807, 2.05) is 6.07 Å². The molecule has 6 heteroatoms. The SMILES string of the molecule is CS(=O)(=O)N1CCCC1c1ccnc(Cl)c1. The first-order chi connectivity index (χ1) is 7.48. The lowest BCUT2D eigenvalue weighted by Crippen LogP contribution is -2.29. The van der Waals surface area contributed by atoms with Gasteiger partial charge in [0.15, 0.2) is 0 Å². The van der Waals surface area contributed by atoms with E-state index in [2.05, 4.69) is 4.98 Å². The van der Waals surface area contributed by atoms with Crippen molar-refractivity contribution in [2.75, 3.05) is 12.8 Å². The van der Waals surface area contributed by atoms with Crippen molar-refractivity contribution in [3.8, 4) is 0 Å². The van der Waals surface area contributed by atoms with Gasteiger partial charge in [-0.25, -0.2) is 13.4 Å². The highest BCUT2D eigenvalue weighted by Crippen LogP contribution is 2.34. The molecule has 0 bridgehead atoms. The first kappa shape index (κ1) is 11.8. The van der Waals surface area contributed by atoms with Crippen LogP contribution < -0.4 is 0 Å². The van der Waals surface area contributed by atoms with Crippen LogP contribution in [0.15, 0.2) is 18.3 Å². The molecule has 1 aromatic rings. The molecular formula is C10H13ClN2O2S. The Kier molecular flexibility index (Phi) is 3.19. The Labute approximate surface area is 100 Å². The minimum absolute atomic E-state index is 0.0875. The van der Waals surface area contributed by atoms with Crippen molar-refractivity contribution in [2.24, 2.45) is 0 Å². The average Bonchev–Trinajstić information content (AvgIpc) is 2.65. The van der Waals surface area contributed by atoms with Crippen LogP contribution in [-0.4, -0.2) is 30.5 Å². The summed E-state index contributed by atoms with van der Waals surface area (Å²) in [6, 6.07) is 3.46. The van der Waals surface area contributed by atoms with E-state index >= 15 is 0 Å². The predicted molar refractivity (Wildman–Crippen MR) is 62.8 cm³/mol. The molecule has 16 heavy (non-hydrogen) atoms. The molecule has 2 rings (SSSR count). The van der Waals surface area contributed by atoms with Crippen LogP contribution in [0.5, 0.6) is 0 Å². The maximum Gasteiger partial charge on any atom is 0.211 e. The predicted octanol–water partition coefficient (Wildman–Crippen LogP) is 1.83. The highest BCUT2D eigenvalue weighted by Gasteiger charge is 2.32. The molecule has 0 N–H and O–H groups in total. The quantitative estimate of drug-likeness (QED) is 0.763. The van der Waals surface area contributed by atoms with E-state index in [4.69, 9.17) is 11.6 Å². The first-order valence-electron chi connectivity index (χ1n) is 5.07. The van der Waals surface area contributed by atoms with E-state index in [1.165, 1.54) is 10.6 Å². The molecular weight excluding hydrogens is 248 g/mol. The molecule has 1 aromatic heterocycles. The van der Waals surface area contributed by atoms with Gasteiger partial charge in [0.25, 0.3) is 0 Å². The smallest absolute Gasteiger partial charge is 0.211 e. The maximum atomic E-state index is 11.6. The van der Waals surface area contributed by atoms with Crippen molar-refractivity contribution in [1.82, 2.24) is 9.29 Å². The molecule has 0 spiro atoms. The Hall–Kier alpha value is -0.650. The van der Waals surface area contributed by atoms with Gasteiger partial charge in [0.05, 0.1) is 6.26 Å². The van der Waals surface area contributed by atoms with Gasteiger partial charge < -0.3 is 0 Å². The molecule has 0 radical (unpaired) electrons. The molecule has 1 aliphatic heterocycles. The normalized spacial score (nSPS) is 22.5. The third kappa shape index (κ3) is 2.36. The van der Waals surface area contributed by atoms with Gasteiger partial charge in [-0.1, -0.05) is 11.6 Å². The summed E-state index contributed by atoms with van der Waals surface area (Å²) in [6.45, 7) is 0.587. The van der Waals surface area contributed by atoms with Gasteiger partial charge in [-0.05, 0) is 30.5 Å². The molecule has 1 aliphatic rings. The van der Waals surface area contributed by atoms with E-state index in [9.17, 15) is 8.42 Å². The lowest BCUT2D eigenvalue weighted by molar-refractivity contribution is 0.400. The molecule has 1 fully saturated rings. The minimum Gasteiger partial charge on any atom is -0.245 e. The molecule has 0 aromatic carbocycles. The highest BCUT2D eigenvalue weighted by molar-refractivity contribution is 7.88. The number of nitrogens with zero attached hydrogens (tertiary/aromatic N) is 2. The van der Waals surface area contributed by atoms with Gasteiger partial charge in [0, 0.05) is 18.8 Å². The van der Waals surface area contributed by atoms with Gasteiger partial charge >= 0.3 is 0 Å². The molecule has 0 saturated carbocycles. The van der Waals surface area contributed by atoms with Crippen molar-refractivity contribution in [1.29, 1.82) is 0 Å². The fraction of sp³-hybridized carbons (Fsp3) is 0.500. The lowest BCUT2D eigenvalue weighted by atomic mass is 10.1. The van der Waals surface area contributed by atoms with Crippen LogP contribution in [0.25, 0.3) is 0 Å². The Morgan fingerprint density at radius 1 is 1.56 bits per heavy atom. The molecule has 0 aliphatic carbocycles. The summed E-state index contributed by atoms with van der Waals surface area (Å²) >= 11 is 5.81. The van der Waals surface area contributed by atoms with Gasteiger partial charge in [0.1, 0.15) is 5.15 Å². The summed E-state index contributed by atoms with van der Waals surface area (Å²) in [7, 11) is -3.14. The van der Waals surface area contributed by atoms with Crippen LogP contribution in [-0.2, 0) is 10.0 Å². The average molecular weight is 261 g/mol. The van der Waals surface area contributed by atoms with Crippen molar-refractivity contribution in [3.63, 3.8) is 0 Å². The molecule has 1 unspecified atom stereocenters. The van der Waals surface area contributed by atoms with Crippen molar-refractivity contribution in [2.45, 2.75) is 18.9 Å². The number of sulfonamides is 1. The zero-order valence-corrected chi connectivity index (χ0v) is 10.5. The molecule has 88 valence electrons. The molecule has 4 nitrogen and oxygen atoms in total. The van der Waals surface area contributed by atoms with Gasteiger partial charge in [-0.15, -0.1) is 0 Å². The molecule has 2 heterocycles. The maximum absolute atomic E-state index is 11.6. The highest BCUT2D eigenvalue weighted by atomic mass is 35.5. The monoisotopic (exact) mass is 260 g/mol. The van der Waals surface area contributed by atoms with E-state index in [1.54, 1.807) is 12.3 Å². The fourth-order valence-corrected chi connectivity index (χ4v) is 3.43. The first-order valence-corrected chi connectivity index (χ1v) is 7.29. The second-order valence-corrected chi connectivity index (χ2v) is 6.27. The minimum atomic E-state index is -3.14. The number of hydrogen-bond donors (Lipinski definition) is 0. The zero-order valence-electron chi connectivity index (χ0n) is 8.93. The van der Waals surface area contributed by atoms with Crippen molar-refractivity contribution in [3.05, 3.63) is 29.0 Å². The summed E-state index contributed by atoms with van der Waals surface area (Å²) in [4.78, 5) is 3.90. The number of pyridine rings is 1. The van der Waals surface area contributed by atoms with Gasteiger partial charge in [-0.2, -0.15) is 4.31 Å². The molecule has 1 saturated heterocycles. The van der Waals surface area contributed by atoms with Gasteiger partial charge in [-0.3, -0.25) is 0 Å². The fourth-order valence-electron chi connectivity index (χ4n) is 2.09. The molecule has 0 amide bonds. The largest absolute Gasteiger partial charge is 0.245 e. The van der Waals surface area contributed by atoms with E-state index in [0.717, 1.165) is 18.4 Å². The van der Waals surface area contributed by atoms with E-state index in [-0.39, 0.29) is 6.04 Å². The van der Waals surface area contributed by atoms with Crippen molar-refractivity contribution < 1.29 is 8.42 Å². The summed E-state index contributed by atoms with van der Waals surface area (Å²) in [5, 5.41) is 0.401. The van der Waals surface area contributed by atoms with E-state index < -0.39 is 10.0 Å². The van der Waals surface area contributed by atoms with E-state index in [0.29, 0.717) is 11.7 Å².